The highest BCUT2D eigenvalue weighted by atomic mass is 14.4. The Morgan fingerprint density at radius 2 is 1.88 bits per heavy atom. The molecule has 0 N–H and O–H groups in total. The van der Waals surface area contributed by atoms with Crippen molar-refractivity contribution in [2.24, 2.45) is 0 Å². The van der Waals surface area contributed by atoms with Crippen LogP contribution in [-0.4, -0.2) is 0 Å². The average molecular weight is 226 g/mol. The minimum atomic E-state index is 0.183. The van der Waals surface area contributed by atoms with E-state index in [1.54, 1.807) is 0 Å². The van der Waals surface area contributed by atoms with E-state index >= 15 is 0 Å². The minimum Gasteiger partial charge on any atom is -0.0839 e. The van der Waals surface area contributed by atoms with E-state index in [9.17, 15) is 0 Å². The molecule has 0 amide bonds. The second-order valence-electron chi connectivity index (χ2n) is 5.40. The van der Waals surface area contributed by atoms with Gasteiger partial charge in [-0.2, -0.15) is 0 Å². The summed E-state index contributed by atoms with van der Waals surface area (Å²) in [7, 11) is 0. The maximum absolute atomic E-state index is 2.32. The molecule has 0 atom stereocenters. The molecular weight excluding hydrogens is 204 g/mol. The summed E-state index contributed by atoms with van der Waals surface area (Å²) in [6, 6.07) is 8.80. The Labute approximate surface area is 105 Å². The summed E-state index contributed by atoms with van der Waals surface area (Å²) in [6.45, 7) is 9.13. The van der Waals surface area contributed by atoms with Crippen LogP contribution in [0.5, 0.6) is 0 Å². The lowest BCUT2D eigenvalue weighted by atomic mass is 9.82. The van der Waals surface area contributed by atoms with Crippen molar-refractivity contribution in [3.05, 3.63) is 53.1 Å². The van der Waals surface area contributed by atoms with Crippen LogP contribution >= 0.6 is 0 Å². The van der Waals surface area contributed by atoms with E-state index in [0.717, 1.165) is 0 Å². The number of hydrogen-bond donors (Lipinski definition) is 0. The third-order valence-electron chi connectivity index (χ3n) is 3.97. The molecule has 0 nitrogen and oxygen atoms in total. The smallest absolute Gasteiger partial charge is 0.0118 e. The predicted molar refractivity (Wildman–Crippen MR) is 76.1 cm³/mol. The number of allylic oxidation sites excluding steroid dienone is 4. The summed E-state index contributed by atoms with van der Waals surface area (Å²) in [5.74, 6) is 0. The number of hydrogen-bond acceptors (Lipinski definition) is 0. The van der Waals surface area contributed by atoms with Crippen LogP contribution in [0.3, 0.4) is 0 Å². The Morgan fingerprint density at radius 1 is 1.18 bits per heavy atom. The zero-order chi connectivity index (χ0) is 12.5. The van der Waals surface area contributed by atoms with Crippen molar-refractivity contribution in [2.45, 2.75) is 46.0 Å². The van der Waals surface area contributed by atoms with Gasteiger partial charge < -0.3 is 0 Å². The largest absolute Gasteiger partial charge is 0.0839 e. The molecule has 0 unspecified atom stereocenters. The first-order chi connectivity index (χ1) is 8.09. The fourth-order valence-corrected chi connectivity index (χ4v) is 2.59. The molecule has 0 saturated carbocycles. The van der Waals surface area contributed by atoms with Gasteiger partial charge in [-0.05, 0) is 30.0 Å². The van der Waals surface area contributed by atoms with Crippen LogP contribution in [-0.2, 0) is 5.41 Å². The van der Waals surface area contributed by atoms with Gasteiger partial charge in [0.15, 0.2) is 0 Å². The van der Waals surface area contributed by atoms with Crippen LogP contribution < -0.4 is 0 Å². The van der Waals surface area contributed by atoms with Crippen molar-refractivity contribution in [3.8, 4) is 0 Å². The van der Waals surface area contributed by atoms with Crippen molar-refractivity contribution in [1.82, 2.24) is 0 Å². The lowest BCUT2D eigenvalue weighted by Gasteiger charge is -2.21. The summed E-state index contributed by atoms with van der Waals surface area (Å²) in [5, 5.41) is 0. The number of benzene rings is 1. The monoisotopic (exact) mass is 226 g/mol. The fraction of sp³-hybridized carbons (Fsp3) is 0.412. The third-order valence-corrected chi connectivity index (χ3v) is 3.97. The van der Waals surface area contributed by atoms with E-state index < -0.39 is 0 Å². The van der Waals surface area contributed by atoms with Crippen LogP contribution in [0.2, 0.25) is 0 Å². The molecule has 0 aliphatic heterocycles. The first-order valence-electron chi connectivity index (χ1n) is 6.56. The average Bonchev–Trinajstić information content (AvgIpc) is 2.51. The second-order valence-corrected chi connectivity index (χ2v) is 5.40. The van der Waals surface area contributed by atoms with E-state index in [1.807, 2.05) is 0 Å². The maximum atomic E-state index is 2.32. The molecular formula is C17H22. The first-order valence-corrected chi connectivity index (χ1v) is 6.56. The molecule has 1 aliphatic rings. The van der Waals surface area contributed by atoms with E-state index in [2.05, 4.69) is 64.1 Å². The molecule has 90 valence electrons. The fourth-order valence-electron chi connectivity index (χ4n) is 2.59. The quantitative estimate of drug-likeness (QED) is 0.672. The van der Waals surface area contributed by atoms with Crippen LogP contribution in [0.1, 0.15) is 51.7 Å². The highest BCUT2D eigenvalue weighted by molar-refractivity contribution is 5.85. The minimum absolute atomic E-state index is 0.183. The lowest BCUT2D eigenvalue weighted by Crippen LogP contribution is -2.15. The topological polar surface area (TPSA) is 0 Å². The van der Waals surface area contributed by atoms with Gasteiger partial charge in [-0.15, -0.1) is 0 Å². The van der Waals surface area contributed by atoms with Crippen LogP contribution in [0.15, 0.2) is 42.0 Å². The van der Waals surface area contributed by atoms with Gasteiger partial charge in [0.25, 0.3) is 0 Å². The summed E-state index contributed by atoms with van der Waals surface area (Å²) in [6.07, 6.45) is 7.00. The normalized spacial score (nSPS) is 17.9. The SMILES string of the molecule is CCC/C=C\C1=C(C)C(C)(C)c2ccccc21. The van der Waals surface area contributed by atoms with Crippen molar-refractivity contribution >= 4 is 5.57 Å². The van der Waals surface area contributed by atoms with Gasteiger partial charge in [0.05, 0.1) is 0 Å². The Morgan fingerprint density at radius 3 is 2.59 bits per heavy atom. The van der Waals surface area contributed by atoms with Crippen molar-refractivity contribution in [3.63, 3.8) is 0 Å². The Hall–Kier alpha value is -1.30. The molecule has 2 rings (SSSR count). The summed E-state index contributed by atoms with van der Waals surface area (Å²) in [5.41, 5.74) is 5.99. The highest BCUT2D eigenvalue weighted by Crippen LogP contribution is 2.46. The number of unbranched alkanes of at least 4 members (excludes halogenated alkanes) is 1. The highest BCUT2D eigenvalue weighted by Gasteiger charge is 2.33. The lowest BCUT2D eigenvalue weighted by molar-refractivity contribution is 0.639. The summed E-state index contributed by atoms with van der Waals surface area (Å²) in [4.78, 5) is 0. The molecule has 0 heteroatoms. The second kappa shape index (κ2) is 4.52. The Balaban J connectivity index is 2.47. The van der Waals surface area contributed by atoms with Gasteiger partial charge in [-0.1, -0.05) is 69.2 Å². The molecule has 17 heavy (non-hydrogen) atoms. The van der Waals surface area contributed by atoms with Crippen molar-refractivity contribution in [2.75, 3.05) is 0 Å². The molecule has 0 radical (unpaired) electrons. The summed E-state index contributed by atoms with van der Waals surface area (Å²) < 4.78 is 0. The van der Waals surface area contributed by atoms with Crippen LogP contribution in [0.4, 0.5) is 0 Å². The molecule has 0 spiro atoms. The van der Waals surface area contributed by atoms with Gasteiger partial charge in [0.2, 0.25) is 0 Å². The summed E-state index contributed by atoms with van der Waals surface area (Å²) >= 11 is 0. The number of fused-ring (bicyclic) bond motifs is 1. The van der Waals surface area contributed by atoms with E-state index in [1.165, 1.54) is 35.1 Å². The van der Waals surface area contributed by atoms with E-state index in [-0.39, 0.29) is 5.41 Å². The number of rotatable bonds is 3. The zero-order valence-electron chi connectivity index (χ0n) is 11.4. The molecule has 1 aliphatic carbocycles. The standard InChI is InChI=1S/C17H22/c1-5-6-7-10-14-13(2)17(3,4)16-12-9-8-11-15(14)16/h7-12H,5-6H2,1-4H3/b10-7-. The van der Waals surface area contributed by atoms with Gasteiger partial charge in [0, 0.05) is 5.41 Å². The zero-order valence-corrected chi connectivity index (χ0v) is 11.4. The van der Waals surface area contributed by atoms with Gasteiger partial charge in [-0.3, -0.25) is 0 Å². The Bertz CT molecular complexity index is 473. The molecule has 0 aromatic heterocycles. The molecule has 0 heterocycles. The van der Waals surface area contributed by atoms with Gasteiger partial charge in [-0.25, -0.2) is 0 Å². The molecule has 1 aromatic rings. The predicted octanol–water partition coefficient (Wildman–Crippen LogP) is 5.11. The first kappa shape index (κ1) is 12.2. The molecule has 0 saturated heterocycles. The maximum Gasteiger partial charge on any atom is 0.0118 e. The van der Waals surface area contributed by atoms with Crippen LogP contribution in [0, 0.1) is 0 Å². The van der Waals surface area contributed by atoms with Gasteiger partial charge in [0.1, 0.15) is 0 Å². The molecule has 1 aromatic carbocycles. The van der Waals surface area contributed by atoms with Crippen LogP contribution in [0.25, 0.3) is 5.57 Å². The Kier molecular flexibility index (Phi) is 3.24. The third kappa shape index (κ3) is 1.97. The molecule has 0 bridgehead atoms. The van der Waals surface area contributed by atoms with E-state index in [4.69, 9.17) is 0 Å². The van der Waals surface area contributed by atoms with Crippen molar-refractivity contribution in [1.29, 1.82) is 0 Å². The van der Waals surface area contributed by atoms with Gasteiger partial charge >= 0.3 is 0 Å². The van der Waals surface area contributed by atoms with Crippen molar-refractivity contribution < 1.29 is 0 Å². The van der Waals surface area contributed by atoms with E-state index in [0.29, 0.717) is 0 Å². The molecule has 0 fully saturated rings.